The number of nitrogens with one attached hydrogen (secondary N) is 2. The normalized spacial score (nSPS) is 15.2. The topological polar surface area (TPSA) is 95.6 Å². The second kappa shape index (κ2) is 12.2. The number of nitrogens with zero attached hydrogens (tertiary/aromatic N) is 1. The largest absolute Gasteiger partial charge is 0.326 e. The number of sulfonamides is 1. The highest BCUT2D eigenvalue weighted by Crippen LogP contribution is 2.38. The predicted molar refractivity (Wildman–Crippen MR) is 160 cm³/mol. The highest BCUT2D eigenvalue weighted by molar-refractivity contribution is 8.00. The fourth-order valence-electron chi connectivity index (χ4n) is 4.32. The van der Waals surface area contributed by atoms with Gasteiger partial charge in [0, 0.05) is 28.5 Å². The van der Waals surface area contributed by atoms with Gasteiger partial charge in [0.15, 0.2) is 0 Å². The zero-order valence-corrected chi connectivity index (χ0v) is 23.7. The van der Waals surface area contributed by atoms with Crippen LogP contribution in [0.15, 0.2) is 108 Å². The highest BCUT2D eigenvalue weighted by atomic mass is 35.5. The van der Waals surface area contributed by atoms with E-state index in [1.807, 2.05) is 35.2 Å². The first kappa shape index (κ1) is 27.8. The Hall–Kier alpha value is -3.79. The number of hydrogen-bond acceptors (Lipinski definition) is 5. The van der Waals surface area contributed by atoms with Crippen molar-refractivity contribution in [1.82, 2.24) is 4.90 Å². The van der Waals surface area contributed by atoms with Gasteiger partial charge < -0.3 is 10.2 Å². The molecule has 0 unspecified atom stereocenters. The van der Waals surface area contributed by atoms with E-state index in [1.54, 1.807) is 48.2 Å². The monoisotopic (exact) mass is 591 g/mol. The lowest BCUT2D eigenvalue weighted by atomic mass is 10.1. The van der Waals surface area contributed by atoms with E-state index in [-0.39, 0.29) is 22.1 Å². The predicted octanol–water partition coefficient (Wildman–Crippen LogP) is 6.21. The van der Waals surface area contributed by atoms with E-state index in [2.05, 4.69) is 22.2 Å². The van der Waals surface area contributed by atoms with Crippen LogP contribution in [0.4, 0.5) is 11.4 Å². The van der Waals surface area contributed by atoms with E-state index in [1.165, 1.54) is 29.8 Å². The highest BCUT2D eigenvalue weighted by Gasteiger charge is 2.32. The number of anilines is 2. The maximum Gasteiger partial charge on any atom is 0.261 e. The molecule has 7 nitrogen and oxygen atoms in total. The van der Waals surface area contributed by atoms with Gasteiger partial charge in [-0.15, -0.1) is 11.8 Å². The number of rotatable bonds is 9. The minimum absolute atomic E-state index is 0.0604. The van der Waals surface area contributed by atoms with Crippen molar-refractivity contribution in [1.29, 1.82) is 0 Å². The summed E-state index contributed by atoms with van der Waals surface area (Å²) in [6.07, 6.45) is 0.779. The van der Waals surface area contributed by atoms with E-state index in [4.69, 9.17) is 11.6 Å². The molecule has 1 aliphatic rings. The van der Waals surface area contributed by atoms with Crippen molar-refractivity contribution in [2.24, 2.45) is 0 Å². The average Bonchev–Trinajstić information content (AvgIpc) is 3.34. The van der Waals surface area contributed by atoms with Crippen molar-refractivity contribution in [2.75, 3.05) is 22.3 Å². The molecule has 4 aromatic rings. The standard InChI is InChI=1S/C30H26ClN3O4S2/c31-24-10-12-26(13-11-24)33-40(37,38)27-16-14-25(15-17-27)32-29(36)22-6-8-23(9-7-22)30-34(28(35)20-39-30)19-18-21-4-2-1-3-5-21/h1-17,30,33H,18-20H2,(H,32,36)/t30-/m1/s1. The Bertz CT molecular complexity index is 1600. The second-order valence-electron chi connectivity index (χ2n) is 9.20. The summed E-state index contributed by atoms with van der Waals surface area (Å²) in [7, 11) is -3.80. The molecule has 0 bridgehead atoms. The molecule has 0 saturated carbocycles. The van der Waals surface area contributed by atoms with Crippen LogP contribution in [0, 0.1) is 0 Å². The van der Waals surface area contributed by atoms with E-state index in [9.17, 15) is 18.0 Å². The van der Waals surface area contributed by atoms with Gasteiger partial charge >= 0.3 is 0 Å². The number of benzene rings is 4. The van der Waals surface area contributed by atoms with Gasteiger partial charge in [0.1, 0.15) is 5.37 Å². The fraction of sp³-hybridized carbons (Fsp3) is 0.133. The lowest BCUT2D eigenvalue weighted by Crippen LogP contribution is -2.30. The average molecular weight is 592 g/mol. The number of halogens is 1. The molecular formula is C30H26ClN3O4S2. The molecule has 0 radical (unpaired) electrons. The van der Waals surface area contributed by atoms with Crippen molar-refractivity contribution in [3.05, 3.63) is 125 Å². The van der Waals surface area contributed by atoms with Crippen LogP contribution < -0.4 is 10.0 Å². The first-order chi connectivity index (χ1) is 19.3. The summed E-state index contributed by atoms with van der Waals surface area (Å²) in [6.45, 7) is 0.629. The SMILES string of the molecule is O=C(Nc1ccc(S(=O)(=O)Nc2ccc(Cl)cc2)cc1)c1ccc([C@H]2SCC(=O)N2CCc2ccccc2)cc1. The molecule has 1 atom stereocenters. The van der Waals surface area contributed by atoms with Crippen LogP contribution in [0.3, 0.4) is 0 Å². The van der Waals surface area contributed by atoms with Gasteiger partial charge in [-0.1, -0.05) is 54.1 Å². The Morgan fingerprint density at radius 2 is 1.52 bits per heavy atom. The van der Waals surface area contributed by atoms with E-state index >= 15 is 0 Å². The quantitative estimate of drug-likeness (QED) is 0.241. The van der Waals surface area contributed by atoms with Crippen molar-refractivity contribution >= 4 is 56.6 Å². The summed E-state index contributed by atoms with van der Waals surface area (Å²) >= 11 is 7.44. The van der Waals surface area contributed by atoms with Gasteiger partial charge in [0.25, 0.3) is 15.9 Å². The lowest BCUT2D eigenvalue weighted by molar-refractivity contribution is -0.128. The van der Waals surface area contributed by atoms with Gasteiger partial charge in [-0.3, -0.25) is 14.3 Å². The van der Waals surface area contributed by atoms with Crippen LogP contribution in [-0.2, 0) is 21.2 Å². The molecule has 40 heavy (non-hydrogen) atoms. The van der Waals surface area contributed by atoms with Crippen LogP contribution in [0.5, 0.6) is 0 Å². The number of carbonyl (C=O) groups is 2. The third-order valence-electron chi connectivity index (χ3n) is 6.43. The summed E-state index contributed by atoms with van der Waals surface area (Å²) in [5.74, 6) is 0.224. The fourth-order valence-corrected chi connectivity index (χ4v) is 6.72. The first-order valence-electron chi connectivity index (χ1n) is 12.5. The molecule has 2 amide bonds. The van der Waals surface area contributed by atoms with Crippen LogP contribution in [0.2, 0.25) is 5.02 Å². The molecule has 204 valence electrons. The second-order valence-corrected chi connectivity index (χ2v) is 12.4. The molecule has 4 aromatic carbocycles. The molecule has 0 aliphatic carbocycles. The van der Waals surface area contributed by atoms with E-state index in [0.29, 0.717) is 34.3 Å². The molecular weight excluding hydrogens is 566 g/mol. The molecule has 1 heterocycles. The van der Waals surface area contributed by atoms with Crippen LogP contribution in [-0.4, -0.2) is 37.4 Å². The molecule has 10 heteroatoms. The van der Waals surface area contributed by atoms with E-state index < -0.39 is 10.0 Å². The smallest absolute Gasteiger partial charge is 0.261 e. The zero-order chi connectivity index (χ0) is 28.1. The Morgan fingerprint density at radius 1 is 0.875 bits per heavy atom. The van der Waals surface area contributed by atoms with Gasteiger partial charge in [-0.05, 0) is 78.2 Å². The lowest BCUT2D eigenvalue weighted by Gasteiger charge is -2.24. The maximum atomic E-state index is 12.9. The minimum atomic E-state index is -3.80. The summed E-state index contributed by atoms with van der Waals surface area (Å²) < 4.78 is 27.9. The van der Waals surface area contributed by atoms with Crippen LogP contribution in [0.1, 0.15) is 26.9 Å². The number of thioether (sulfide) groups is 1. The van der Waals surface area contributed by atoms with Gasteiger partial charge in [0.05, 0.1) is 10.6 Å². The summed E-state index contributed by atoms with van der Waals surface area (Å²) in [5.41, 5.74) is 3.45. The summed E-state index contributed by atoms with van der Waals surface area (Å²) in [4.78, 5) is 27.3. The molecule has 1 aliphatic heterocycles. The number of amides is 2. The molecule has 5 rings (SSSR count). The Balaban J connectivity index is 1.20. The Morgan fingerprint density at radius 3 is 2.20 bits per heavy atom. The third-order valence-corrected chi connectivity index (χ3v) is 9.33. The van der Waals surface area contributed by atoms with Gasteiger partial charge in [-0.25, -0.2) is 8.42 Å². The van der Waals surface area contributed by atoms with Crippen molar-refractivity contribution in [2.45, 2.75) is 16.7 Å². The van der Waals surface area contributed by atoms with Crippen LogP contribution >= 0.6 is 23.4 Å². The van der Waals surface area contributed by atoms with Crippen molar-refractivity contribution in [3.8, 4) is 0 Å². The van der Waals surface area contributed by atoms with E-state index in [0.717, 1.165) is 12.0 Å². The Kier molecular flexibility index (Phi) is 8.44. The van der Waals surface area contributed by atoms with Gasteiger partial charge in [-0.2, -0.15) is 0 Å². The number of carbonyl (C=O) groups excluding carboxylic acids is 2. The van der Waals surface area contributed by atoms with Gasteiger partial charge in [0.2, 0.25) is 5.91 Å². The molecule has 0 aromatic heterocycles. The molecule has 0 spiro atoms. The van der Waals surface area contributed by atoms with Crippen LogP contribution in [0.25, 0.3) is 0 Å². The third kappa shape index (κ3) is 6.67. The Labute approximate surface area is 242 Å². The minimum Gasteiger partial charge on any atom is -0.326 e. The maximum absolute atomic E-state index is 12.9. The van der Waals surface area contributed by atoms with Crippen molar-refractivity contribution < 1.29 is 18.0 Å². The zero-order valence-electron chi connectivity index (χ0n) is 21.3. The number of hydrogen-bond donors (Lipinski definition) is 2. The molecule has 2 N–H and O–H groups in total. The molecule has 1 fully saturated rings. The summed E-state index contributed by atoms with van der Waals surface area (Å²) in [5, 5.41) is 3.21. The first-order valence-corrected chi connectivity index (χ1v) is 15.4. The summed E-state index contributed by atoms with van der Waals surface area (Å²) in [6, 6.07) is 29.6. The molecule has 1 saturated heterocycles. The van der Waals surface area contributed by atoms with Crippen molar-refractivity contribution in [3.63, 3.8) is 0 Å².